The molecule has 0 saturated heterocycles. The molecule has 3 N–H and O–H groups in total. The fourth-order valence-corrected chi connectivity index (χ4v) is 8.22. The Hall–Kier alpha value is -1.28. The number of aliphatic hydroxyl groups is 1. The van der Waals surface area contributed by atoms with Gasteiger partial charge in [-0.15, -0.1) is 0 Å². The Morgan fingerprint density at radius 2 is 0.902 bits per heavy atom. The first-order valence-corrected chi connectivity index (χ1v) is 27.4. The molecule has 8 nitrogen and oxygen atoms in total. The minimum Gasteiger partial charge on any atom is -0.387 e. The number of amides is 1. The van der Waals surface area contributed by atoms with E-state index < -0.39 is 20.0 Å². The lowest BCUT2D eigenvalue weighted by Crippen LogP contribution is -2.45. The van der Waals surface area contributed by atoms with Crippen LogP contribution in [0.2, 0.25) is 0 Å². The molecule has 0 aliphatic heterocycles. The van der Waals surface area contributed by atoms with Crippen molar-refractivity contribution < 1.29 is 32.9 Å². The first-order chi connectivity index (χ1) is 29.5. The van der Waals surface area contributed by atoms with Gasteiger partial charge in [0.05, 0.1) is 39.9 Å². The minimum atomic E-state index is -4.34. The number of hydrogen-bond acceptors (Lipinski definition) is 5. The highest BCUT2D eigenvalue weighted by atomic mass is 31.2. The summed E-state index contributed by atoms with van der Waals surface area (Å²) in [6.07, 6.45) is 55.5. The molecule has 1 amide bonds. The smallest absolute Gasteiger partial charge is 0.387 e. The number of carbonyl (C=O) groups is 1. The molecule has 0 aromatic rings. The summed E-state index contributed by atoms with van der Waals surface area (Å²) in [6, 6.07) is -0.865. The van der Waals surface area contributed by atoms with Crippen molar-refractivity contribution in [1.82, 2.24) is 5.32 Å². The second-order valence-electron chi connectivity index (χ2n) is 18.9. The molecule has 0 heterocycles. The van der Waals surface area contributed by atoms with Gasteiger partial charge in [0.15, 0.2) is 0 Å². The minimum absolute atomic E-state index is 0.0544. The third kappa shape index (κ3) is 46.5. The molecule has 61 heavy (non-hydrogen) atoms. The van der Waals surface area contributed by atoms with Crippen molar-refractivity contribution in [2.45, 2.75) is 251 Å². The second-order valence-corrected chi connectivity index (χ2v) is 20.3. The number of rotatable bonds is 47. The standard InChI is InChI=1S/C52H101N2O6P/c1-6-8-10-12-14-16-17-18-19-20-21-22-23-24-25-26-27-28-29-30-31-32-33-34-35-36-38-39-41-43-45-51(55)50(49-60-61(57,58)59-48-47-54(3,4)5)53-52(56)46-44-42-40-37-15-13-11-9-7-2/h32-33,36,38,43,45,50-51,55H,6-31,34-35,37,39-42,44,46-49H2,1-5H3,(H-,53,56,57,58)/p+1/b33-32+,38-36+,45-43+. The molecule has 3 unspecified atom stereocenters. The van der Waals surface area contributed by atoms with Crippen molar-refractivity contribution in [2.24, 2.45) is 0 Å². The van der Waals surface area contributed by atoms with Crippen LogP contribution in [0, 0.1) is 0 Å². The number of unbranched alkanes of at least 4 members (excludes halogenated alkanes) is 30. The summed E-state index contributed by atoms with van der Waals surface area (Å²) in [6.45, 7) is 4.77. The number of quaternary nitrogens is 1. The van der Waals surface area contributed by atoms with E-state index in [0.29, 0.717) is 17.4 Å². The van der Waals surface area contributed by atoms with Crippen LogP contribution in [0.25, 0.3) is 0 Å². The Morgan fingerprint density at radius 3 is 1.31 bits per heavy atom. The summed E-state index contributed by atoms with van der Waals surface area (Å²) in [5.41, 5.74) is 0. The zero-order valence-corrected chi connectivity index (χ0v) is 41.8. The molecular weight excluding hydrogens is 780 g/mol. The van der Waals surface area contributed by atoms with Gasteiger partial charge in [-0.1, -0.05) is 224 Å². The van der Waals surface area contributed by atoms with E-state index in [4.69, 9.17) is 9.05 Å². The third-order valence-corrected chi connectivity index (χ3v) is 12.6. The Kier molecular flexibility index (Phi) is 43.0. The number of allylic oxidation sites excluding steroid dienone is 5. The number of likely N-dealkylation sites (N-methyl/N-ethyl adjacent to an activating group) is 1. The summed E-state index contributed by atoms with van der Waals surface area (Å²) in [4.78, 5) is 23.0. The number of nitrogens with zero attached hydrogens (tertiary/aromatic N) is 1. The van der Waals surface area contributed by atoms with Crippen LogP contribution in [-0.4, -0.2) is 73.4 Å². The van der Waals surface area contributed by atoms with Crippen molar-refractivity contribution in [3.05, 3.63) is 36.5 Å². The summed E-state index contributed by atoms with van der Waals surface area (Å²) in [5.74, 6) is -0.194. The van der Waals surface area contributed by atoms with Gasteiger partial charge < -0.3 is 19.8 Å². The molecule has 0 radical (unpaired) electrons. The summed E-state index contributed by atoms with van der Waals surface area (Å²) in [7, 11) is 1.55. The van der Waals surface area contributed by atoms with Crippen LogP contribution in [0.3, 0.4) is 0 Å². The summed E-state index contributed by atoms with van der Waals surface area (Å²) < 4.78 is 23.5. The van der Waals surface area contributed by atoms with Crippen LogP contribution < -0.4 is 5.32 Å². The average Bonchev–Trinajstić information content (AvgIpc) is 3.21. The molecule has 0 aromatic carbocycles. The van der Waals surface area contributed by atoms with Crippen molar-refractivity contribution >= 4 is 13.7 Å². The van der Waals surface area contributed by atoms with Gasteiger partial charge in [0, 0.05) is 6.42 Å². The maximum absolute atomic E-state index is 12.8. The molecule has 0 aliphatic rings. The van der Waals surface area contributed by atoms with E-state index in [2.05, 4.69) is 43.5 Å². The van der Waals surface area contributed by atoms with Crippen LogP contribution in [0.4, 0.5) is 0 Å². The van der Waals surface area contributed by atoms with Gasteiger partial charge in [-0.2, -0.15) is 0 Å². The highest BCUT2D eigenvalue weighted by Crippen LogP contribution is 2.43. The first kappa shape index (κ1) is 59.7. The monoisotopic (exact) mass is 882 g/mol. The van der Waals surface area contributed by atoms with E-state index in [-0.39, 0.29) is 19.1 Å². The molecule has 0 aromatic heterocycles. The lowest BCUT2D eigenvalue weighted by molar-refractivity contribution is -0.870. The Labute approximate surface area is 378 Å². The largest absolute Gasteiger partial charge is 0.472 e. The molecule has 0 aliphatic carbocycles. The Bertz CT molecular complexity index is 1090. The molecule has 0 bridgehead atoms. The van der Waals surface area contributed by atoms with E-state index in [0.717, 1.165) is 44.9 Å². The number of phosphoric ester groups is 1. The van der Waals surface area contributed by atoms with Gasteiger partial charge in [-0.25, -0.2) is 4.57 Å². The number of carbonyl (C=O) groups excluding carboxylic acids is 1. The molecule has 0 saturated carbocycles. The predicted octanol–water partition coefficient (Wildman–Crippen LogP) is 15.0. The van der Waals surface area contributed by atoms with Crippen molar-refractivity contribution in [2.75, 3.05) is 40.9 Å². The molecule has 0 fully saturated rings. The Balaban J connectivity index is 4.15. The van der Waals surface area contributed by atoms with Crippen LogP contribution in [0.5, 0.6) is 0 Å². The van der Waals surface area contributed by atoms with E-state index in [1.807, 2.05) is 27.2 Å². The topological polar surface area (TPSA) is 105 Å². The number of aliphatic hydroxyl groups excluding tert-OH is 1. The van der Waals surface area contributed by atoms with Gasteiger partial charge >= 0.3 is 7.82 Å². The van der Waals surface area contributed by atoms with E-state index in [1.54, 1.807) is 6.08 Å². The molecule has 0 spiro atoms. The van der Waals surface area contributed by atoms with Crippen molar-refractivity contribution in [3.63, 3.8) is 0 Å². The van der Waals surface area contributed by atoms with Crippen LogP contribution >= 0.6 is 7.82 Å². The average molecular weight is 882 g/mol. The predicted molar refractivity (Wildman–Crippen MR) is 263 cm³/mol. The van der Waals surface area contributed by atoms with Crippen LogP contribution in [0.15, 0.2) is 36.5 Å². The number of hydrogen-bond donors (Lipinski definition) is 3. The lowest BCUT2D eigenvalue weighted by Gasteiger charge is -2.25. The molecule has 9 heteroatoms. The van der Waals surface area contributed by atoms with Gasteiger partial charge in [-0.05, 0) is 44.9 Å². The number of nitrogens with one attached hydrogen (secondary N) is 1. The maximum Gasteiger partial charge on any atom is 0.472 e. The van der Waals surface area contributed by atoms with Gasteiger partial charge in [0.25, 0.3) is 0 Å². The summed E-state index contributed by atoms with van der Waals surface area (Å²) in [5, 5.41) is 13.8. The highest BCUT2D eigenvalue weighted by molar-refractivity contribution is 7.47. The number of phosphoric acid groups is 1. The molecular formula is C52H102N2O6P+. The molecule has 0 rings (SSSR count). The zero-order chi connectivity index (χ0) is 45.0. The third-order valence-electron chi connectivity index (χ3n) is 11.6. The highest BCUT2D eigenvalue weighted by Gasteiger charge is 2.27. The SMILES string of the molecule is CCCCCCCCCCCCCCCCCCCCCC/C=C/CC/C=C/CC/C=C/C(O)C(COP(=O)(O)OCC[N+](C)(C)C)NC(=O)CCCCCCCCCCC. The lowest BCUT2D eigenvalue weighted by atomic mass is 10.0. The summed E-state index contributed by atoms with van der Waals surface area (Å²) >= 11 is 0. The van der Waals surface area contributed by atoms with Gasteiger partial charge in [-0.3, -0.25) is 13.8 Å². The van der Waals surface area contributed by atoms with Crippen LogP contribution in [0.1, 0.15) is 239 Å². The molecule has 3 atom stereocenters. The van der Waals surface area contributed by atoms with E-state index >= 15 is 0 Å². The van der Waals surface area contributed by atoms with Gasteiger partial charge in [0.1, 0.15) is 13.2 Å². The quantitative estimate of drug-likeness (QED) is 0.0243. The van der Waals surface area contributed by atoms with Gasteiger partial charge in [0.2, 0.25) is 5.91 Å². The van der Waals surface area contributed by atoms with E-state index in [1.165, 1.54) is 173 Å². The molecule has 360 valence electrons. The van der Waals surface area contributed by atoms with Crippen LogP contribution in [-0.2, 0) is 18.4 Å². The van der Waals surface area contributed by atoms with Crippen molar-refractivity contribution in [3.8, 4) is 0 Å². The normalized spacial score (nSPS) is 14.4. The Morgan fingerprint density at radius 1 is 0.541 bits per heavy atom. The fourth-order valence-electron chi connectivity index (χ4n) is 7.49. The van der Waals surface area contributed by atoms with E-state index in [9.17, 15) is 19.4 Å². The second kappa shape index (κ2) is 43.9. The zero-order valence-electron chi connectivity index (χ0n) is 40.9. The fraction of sp³-hybridized carbons (Fsp3) is 0.865. The van der Waals surface area contributed by atoms with Crippen molar-refractivity contribution in [1.29, 1.82) is 0 Å². The first-order valence-electron chi connectivity index (χ1n) is 25.9. The maximum atomic E-state index is 12.8.